The Bertz CT molecular complexity index is 593. The second kappa shape index (κ2) is 5.22. The normalized spacial score (nSPS) is 14.0. The zero-order chi connectivity index (χ0) is 15.0. The number of rotatable bonds is 3. The van der Waals surface area contributed by atoms with Gasteiger partial charge in [0.25, 0.3) is 5.91 Å². The van der Waals surface area contributed by atoms with Crippen LogP contribution in [0.5, 0.6) is 0 Å². The Morgan fingerprint density at radius 1 is 1.45 bits per heavy atom. The lowest BCUT2D eigenvalue weighted by molar-refractivity contribution is 0.0742. The van der Waals surface area contributed by atoms with E-state index in [-0.39, 0.29) is 16.7 Å². The van der Waals surface area contributed by atoms with Gasteiger partial charge in [-0.05, 0) is 18.9 Å². The quantitative estimate of drug-likeness (QED) is 0.344. The van der Waals surface area contributed by atoms with Gasteiger partial charge in [-0.15, -0.1) is 0 Å². The van der Waals surface area contributed by atoms with Gasteiger partial charge in [0.15, 0.2) is 11.6 Å². The van der Waals surface area contributed by atoms with Crippen molar-refractivity contribution in [1.29, 1.82) is 0 Å². The number of anilines is 1. The van der Waals surface area contributed by atoms with Crippen LogP contribution in [-0.4, -0.2) is 28.2 Å². The molecule has 1 aliphatic rings. The minimum atomic E-state index is -1.73. The summed E-state index contributed by atoms with van der Waals surface area (Å²) < 4.78 is 26.8. The number of halogens is 3. The first kappa shape index (κ1) is 14.5. The molecule has 1 saturated carbocycles. The Labute approximate surface area is 117 Å². The number of benzene rings is 1. The zero-order valence-corrected chi connectivity index (χ0v) is 10.7. The highest BCUT2D eigenvalue weighted by Crippen LogP contribution is 2.35. The molecule has 0 saturated heterocycles. The second-order valence-electron chi connectivity index (χ2n) is 4.29. The number of nitrogens with zero attached hydrogens (tertiary/aromatic N) is 1. The van der Waals surface area contributed by atoms with Gasteiger partial charge in [-0.3, -0.25) is 4.79 Å². The lowest BCUT2D eigenvalue weighted by atomic mass is 10.1. The molecule has 0 aromatic heterocycles. The molecule has 0 bridgehead atoms. The van der Waals surface area contributed by atoms with Gasteiger partial charge in [0, 0.05) is 6.04 Å². The maximum Gasteiger partial charge on any atom is 0.429 e. The molecule has 4 N–H and O–H groups in total. The number of hydrazine groups is 1. The number of hydrogen-bond acceptors (Lipinski definition) is 4. The van der Waals surface area contributed by atoms with Crippen LogP contribution in [0, 0.1) is 11.6 Å². The van der Waals surface area contributed by atoms with Crippen molar-refractivity contribution in [2.75, 3.05) is 5.32 Å². The van der Waals surface area contributed by atoms with Gasteiger partial charge in [-0.25, -0.2) is 19.4 Å². The topological polar surface area (TPSA) is 95.7 Å². The van der Waals surface area contributed by atoms with Crippen LogP contribution in [0.2, 0.25) is 5.02 Å². The number of nitrogens with one attached hydrogen (secondary N) is 1. The largest absolute Gasteiger partial charge is 0.464 e. The fraction of sp³-hybridized carbons (Fsp3) is 0.273. The van der Waals surface area contributed by atoms with E-state index in [1.807, 2.05) is 0 Å². The van der Waals surface area contributed by atoms with Crippen molar-refractivity contribution in [3.8, 4) is 0 Å². The summed E-state index contributed by atoms with van der Waals surface area (Å²) >= 11 is 5.67. The van der Waals surface area contributed by atoms with Gasteiger partial charge in [0.05, 0.1) is 11.3 Å². The summed E-state index contributed by atoms with van der Waals surface area (Å²) in [5.74, 6) is 1.16. The number of hydrogen-bond donors (Lipinski definition) is 3. The van der Waals surface area contributed by atoms with Crippen molar-refractivity contribution in [3.63, 3.8) is 0 Å². The van der Waals surface area contributed by atoms with E-state index in [2.05, 4.69) is 5.32 Å². The molecule has 20 heavy (non-hydrogen) atoms. The third kappa shape index (κ3) is 2.66. The highest BCUT2D eigenvalue weighted by molar-refractivity contribution is 6.34. The molecule has 1 fully saturated rings. The zero-order valence-electron chi connectivity index (χ0n) is 9.99. The molecule has 0 spiro atoms. The summed E-state index contributed by atoms with van der Waals surface area (Å²) in [6.07, 6.45) is -0.157. The predicted octanol–water partition coefficient (Wildman–Crippen LogP) is 2.19. The first-order chi connectivity index (χ1) is 9.32. The molecule has 0 unspecified atom stereocenters. The monoisotopic (exact) mass is 305 g/mol. The average Bonchev–Trinajstić information content (AvgIpc) is 3.21. The fourth-order valence-electron chi connectivity index (χ4n) is 1.55. The number of carbonyl (C=O) groups is 2. The summed E-state index contributed by atoms with van der Waals surface area (Å²) in [5, 5.41) is 10.7. The number of imide groups is 1. The van der Waals surface area contributed by atoms with Crippen molar-refractivity contribution in [1.82, 2.24) is 5.01 Å². The molecule has 6 nitrogen and oxygen atoms in total. The van der Waals surface area contributed by atoms with E-state index in [0.717, 1.165) is 12.8 Å². The maximum atomic E-state index is 13.4. The van der Waals surface area contributed by atoms with Crippen LogP contribution in [0.25, 0.3) is 0 Å². The van der Waals surface area contributed by atoms with Gasteiger partial charge in [0.1, 0.15) is 5.02 Å². The molecular weight excluding hydrogens is 296 g/mol. The van der Waals surface area contributed by atoms with Crippen molar-refractivity contribution in [2.45, 2.75) is 18.9 Å². The predicted molar refractivity (Wildman–Crippen MR) is 66.4 cm³/mol. The molecule has 0 heterocycles. The Morgan fingerprint density at radius 2 is 2.05 bits per heavy atom. The number of amides is 2. The van der Waals surface area contributed by atoms with Gasteiger partial charge < -0.3 is 10.4 Å². The van der Waals surface area contributed by atoms with E-state index in [1.165, 1.54) is 0 Å². The Morgan fingerprint density at radius 3 is 2.55 bits per heavy atom. The Balaban J connectivity index is 2.49. The van der Waals surface area contributed by atoms with E-state index in [0.29, 0.717) is 6.07 Å². The van der Waals surface area contributed by atoms with Crippen molar-refractivity contribution < 1.29 is 23.5 Å². The van der Waals surface area contributed by atoms with Crippen molar-refractivity contribution >= 4 is 29.3 Å². The van der Waals surface area contributed by atoms with Crippen LogP contribution in [0.1, 0.15) is 23.2 Å². The van der Waals surface area contributed by atoms with Crippen LogP contribution in [0.3, 0.4) is 0 Å². The summed E-state index contributed by atoms with van der Waals surface area (Å²) in [4.78, 5) is 22.5. The molecule has 0 aliphatic heterocycles. The van der Waals surface area contributed by atoms with Crippen molar-refractivity contribution in [3.05, 3.63) is 28.3 Å². The van der Waals surface area contributed by atoms with E-state index in [4.69, 9.17) is 22.6 Å². The van der Waals surface area contributed by atoms with Gasteiger partial charge in [0.2, 0.25) is 0 Å². The molecule has 1 aromatic rings. The minimum absolute atomic E-state index is 0.0139. The smallest absolute Gasteiger partial charge is 0.429 e. The summed E-state index contributed by atoms with van der Waals surface area (Å²) in [5.41, 5.74) is -0.597. The molecule has 9 heteroatoms. The van der Waals surface area contributed by atoms with Gasteiger partial charge in [-0.1, -0.05) is 11.6 Å². The molecule has 108 valence electrons. The van der Waals surface area contributed by atoms with E-state index < -0.39 is 34.2 Å². The molecule has 0 atom stereocenters. The van der Waals surface area contributed by atoms with Crippen LogP contribution >= 0.6 is 11.6 Å². The molecule has 1 aliphatic carbocycles. The van der Waals surface area contributed by atoms with Crippen LogP contribution < -0.4 is 11.2 Å². The van der Waals surface area contributed by atoms with Crippen LogP contribution in [-0.2, 0) is 0 Å². The third-order valence-corrected chi connectivity index (χ3v) is 3.10. The molecule has 0 radical (unpaired) electrons. The molecule has 2 amide bonds. The van der Waals surface area contributed by atoms with Crippen molar-refractivity contribution in [2.24, 2.45) is 5.84 Å². The van der Waals surface area contributed by atoms with E-state index in [1.54, 1.807) is 0 Å². The SMILES string of the molecule is NN(C(=O)O)C(=O)c1cc(F)c(F)c(Cl)c1NC1CC1. The highest BCUT2D eigenvalue weighted by atomic mass is 35.5. The number of carboxylic acid groups (broad SMARTS) is 1. The molecule has 1 aromatic carbocycles. The number of carbonyl (C=O) groups excluding carboxylic acids is 1. The van der Waals surface area contributed by atoms with E-state index >= 15 is 0 Å². The Hall–Kier alpha value is -1.93. The van der Waals surface area contributed by atoms with Crippen LogP contribution in [0.4, 0.5) is 19.3 Å². The average molecular weight is 306 g/mol. The minimum Gasteiger partial charge on any atom is -0.464 e. The fourth-order valence-corrected chi connectivity index (χ4v) is 1.80. The summed E-state index contributed by atoms with van der Waals surface area (Å²) in [7, 11) is 0. The maximum absolute atomic E-state index is 13.4. The summed E-state index contributed by atoms with van der Waals surface area (Å²) in [6, 6.07) is 0.553. The molecule has 2 rings (SSSR count). The standard InChI is InChI=1S/C11H10ClF2N3O3/c12-7-8(14)6(13)3-5(9(7)16-4-1-2-4)10(18)17(15)11(19)20/h3-4,16H,1-2,15H2,(H,19,20). The number of nitrogens with two attached hydrogens (primary N) is 1. The van der Waals surface area contributed by atoms with E-state index in [9.17, 15) is 18.4 Å². The van der Waals surface area contributed by atoms with Gasteiger partial charge in [-0.2, -0.15) is 5.01 Å². The first-order valence-corrected chi connectivity index (χ1v) is 5.96. The van der Waals surface area contributed by atoms with Crippen LogP contribution in [0.15, 0.2) is 6.07 Å². The third-order valence-electron chi connectivity index (χ3n) is 2.74. The lowest BCUT2D eigenvalue weighted by Crippen LogP contribution is -2.42. The van der Waals surface area contributed by atoms with Gasteiger partial charge >= 0.3 is 6.09 Å². The second-order valence-corrected chi connectivity index (χ2v) is 4.66. The summed E-state index contributed by atoms with van der Waals surface area (Å²) in [6.45, 7) is 0. The first-order valence-electron chi connectivity index (χ1n) is 5.59. The lowest BCUT2D eigenvalue weighted by Gasteiger charge is -2.16. The highest BCUT2D eigenvalue weighted by Gasteiger charge is 2.30. The Kier molecular flexibility index (Phi) is 3.78. The molecular formula is C11H10ClF2N3O3.